The van der Waals surface area contributed by atoms with Crippen LogP contribution < -0.4 is 11.1 Å². The van der Waals surface area contributed by atoms with Gasteiger partial charge in [0.15, 0.2) is 0 Å². The Morgan fingerprint density at radius 2 is 2.22 bits per heavy atom. The summed E-state index contributed by atoms with van der Waals surface area (Å²) in [5.41, 5.74) is 6.58. The van der Waals surface area contributed by atoms with Crippen LogP contribution in [-0.2, 0) is 4.74 Å². The average molecular weight is 246 g/mol. The van der Waals surface area contributed by atoms with Crippen molar-refractivity contribution in [3.63, 3.8) is 0 Å². The molecule has 3 N–H and O–H groups in total. The fourth-order valence-electron chi connectivity index (χ4n) is 1.41. The first kappa shape index (κ1) is 14.2. The van der Waals surface area contributed by atoms with E-state index in [4.69, 9.17) is 10.5 Å². The zero-order valence-corrected chi connectivity index (χ0v) is 10.5. The molecule has 0 spiro atoms. The van der Waals surface area contributed by atoms with Gasteiger partial charge < -0.3 is 15.8 Å². The molecule has 0 bridgehead atoms. The van der Waals surface area contributed by atoms with Crippen LogP contribution in [0.15, 0.2) is 24.3 Å². The molecule has 1 aromatic carbocycles. The van der Waals surface area contributed by atoms with E-state index in [0.717, 1.165) is 0 Å². The lowest BCUT2D eigenvalue weighted by molar-refractivity contribution is 0.0922. The van der Waals surface area contributed by atoms with E-state index in [1.54, 1.807) is 12.1 Å². The SMILES string of the molecule is CCOCCNC(=O)c1ccccc1C#CCN. The minimum absolute atomic E-state index is 0.142. The zero-order valence-electron chi connectivity index (χ0n) is 10.5. The van der Waals surface area contributed by atoms with Crippen molar-refractivity contribution >= 4 is 5.91 Å². The molecule has 1 amide bonds. The van der Waals surface area contributed by atoms with Crippen LogP contribution in [0.1, 0.15) is 22.8 Å². The molecule has 0 fully saturated rings. The predicted octanol–water partition coefficient (Wildman–Crippen LogP) is 0.763. The average Bonchev–Trinajstić information content (AvgIpc) is 2.41. The first-order chi connectivity index (χ1) is 8.79. The summed E-state index contributed by atoms with van der Waals surface area (Å²) in [6, 6.07) is 7.21. The number of carbonyl (C=O) groups is 1. The molecule has 4 nitrogen and oxygen atoms in total. The maximum absolute atomic E-state index is 11.9. The van der Waals surface area contributed by atoms with E-state index in [2.05, 4.69) is 17.2 Å². The van der Waals surface area contributed by atoms with Crippen molar-refractivity contribution < 1.29 is 9.53 Å². The second kappa shape index (κ2) is 8.29. The van der Waals surface area contributed by atoms with Crippen molar-refractivity contribution in [3.05, 3.63) is 35.4 Å². The second-order valence-electron chi connectivity index (χ2n) is 3.50. The van der Waals surface area contributed by atoms with Gasteiger partial charge in [-0.3, -0.25) is 4.79 Å². The zero-order chi connectivity index (χ0) is 13.2. The lowest BCUT2D eigenvalue weighted by Gasteiger charge is -2.06. The minimum Gasteiger partial charge on any atom is -0.380 e. The summed E-state index contributed by atoms with van der Waals surface area (Å²) in [4.78, 5) is 11.9. The Morgan fingerprint density at radius 3 is 2.94 bits per heavy atom. The number of nitrogens with two attached hydrogens (primary N) is 1. The van der Waals surface area contributed by atoms with Crippen LogP contribution in [0, 0.1) is 11.8 Å². The Bertz CT molecular complexity index is 447. The molecule has 18 heavy (non-hydrogen) atoms. The van der Waals surface area contributed by atoms with E-state index >= 15 is 0 Å². The Kier molecular flexibility index (Phi) is 6.55. The molecule has 0 heterocycles. The number of hydrogen-bond acceptors (Lipinski definition) is 3. The monoisotopic (exact) mass is 246 g/mol. The molecule has 0 radical (unpaired) electrons. The van der Waals surface area contributed by atoms with Gasteiger partial charge in [-0.25, -0.2) is 0 Å². The molecule has 0 aliphatic rings. The maximum Gasteiger partial charge on any atom is 0.252 e. The van der Waals surface area contributed by atoms with Gasteiger partial charge >= 0.3 is 0 Å². The molecule has 0 aliphatic carbocycles. The van der Waals surface area contributed by atoms with Crippen molar-refractivity contribution in [3.8, 4) is 11.8 Å². The first-order valence-corrected chi connectivity index (χ1v) is 5.93. The molecular weight excluding hydrogens is 228 g/mol. The van der Waals surface area contributed by atoms with Crippen molar-refractivity contribution in [1.29, 1.82) is 0 Å². The van der Waals surface area contributed by atoms with E-state index < -0.39 is 0 Å². The summed E-state index contributed by atoms with van der Waals surface area (Å²) in [5, 5.41) is 2.79. The molecule has 0 aromatic heterocycles. The molecule has 96 valence electrons. The van der Waals surface area contributed by atoms with Crippen molar-refractivity contribution in [2.45, 2.75) is 6.92 Å². The van der Waals surface area contributed by atoms with Crippen LogP contribution in [0.25, 0.3) is 0 Å². The van der Waals surface area contributed by atoms with Gasteiger partial charge in [-0.15, -0.1) is 0 Å². The van der Waals surface area contributed by atoms with Gasteiger partial charge in [0.1, 0.15) is 0 Å². The lowest BCUT2D eigenvalue weighted by Crippen LogP contribution is -2.27. The highest BCUT2D eigenvalue weighted by Crippen LogP contribution is 2.06. The summed E-state index contributed by atoms with van der Waals surface area (Å²) in [7, 11) is 0. The van der Waals surface area contributed by atoms with Gasteiger partial charge in [0.25, 0.3) is 5.91 Å². The Hall–Kier alpha value is -1.83. The quantitative estimate of drug-likeness (QED) is 0.595. The van der Waals surface area contributed by atoms with Crippen molar-refractivity contribution in [2.24, 2.45) is 5.73 Å². The third-order valence-electron chi connectivity index (χ3n) is 2.23. The largest absolute Gasteiger partial charge is 0.380 e. The van der Waals surface area contributed by atoms with Crippen LogP contribution in [0.5, 0.6) is 0 Å². The van der Waals surface area contributed by atoms with E-state index in [0.29, 0.717) is 30.9 Å². The van der Waals surface area contributed by atoms with Crippen LogP contribution in [-0.4, -0.2) is 32.2 Å². The van der Waals surface area contributed by atoms with Crippen LogP contribution in [0.2, 0.25) is 0 Å². The molecule has 0 atom stereocenters. The summed E-state index contributed by atoms with van der Waals surface area (Å²) in [5.74, 6) is 5.50. The number of nitrogens with one attached hydrogen (secondary N) is 1. The molecule has 0 saturated carbocycles. The van der Waals surface area contributed by atoms with Gasteiger partial charge in [0.05, 0.1) is 18.7 Å². The highest BCUT2D eigenvalue weighted by atomic mass is 16.5. The van der Waals surface area contributed by atoms with E-state index in [1.165, 1.54) is 0 Å². The molecule has 0 unspecified atom stereocenters. The number of amides is 1. The van der Waals surface area contributed by atoms with Gasteiger partial charge in [-0.05, 0) is 19.1 Å². The van der Waals surface area contributed by atoms with Gasteiger partial charge in [0.2, 0.25) is 0 Å². The topological polar surface area (TPSA) is 64.3 Å². The molecule has 0 aliphatic heterocycles. The summed E-state index contributed by atoms with van der Waals surface area (Å²) >= 11 is 0. The fourth-order valence-corrected chi connectivity index (χ4v) is 1.41. The number of hydrogen-bond donors (Lipinski definition) is 2. The van der Waals surface area contributed by atoms with E-state index in [1.807, 2.05) is 19.1 Å². The predicted molar refractivity (Wildman–Crippen MR) is 71.2 cm³/mol. The van der Waals surface area contributed by atoms with E-state index in [9.17, 15) is 4.79 Å². The Labute approximate surface area is 108 Å². The smallest absolute Gasteiger partial charge is 0.252 e. The molecule has 1 rings (SSSR count). The van der Waals surface area contributed by atoms with Gasteiger partial charge in [-0.2, -0.15) is 0 Å². The van der Waals surface area contributed by atoms with Crippen LogP contribution in [0.4, 0.5) is 0 Å². The van der Waals surface area contributed by atoms with Crippen LogP contribution in [0.3, 0.4) is 0 Å². The number of benzene rings is 1. The maximum atomic E-state index is 11.9. The highest BCUT2D eigenvalue weighted by Gasteiger charge is 2.08. The Morgan fingerprint density at radius 1 is 1.44 bits per heavy atom. The van der Waals surface area contributed by atoms with Crippen LogP contribution >= 0.6 is 0 Å². The standard InChI is InChI=1S/C14H18N2O2/c1-2-18-11-10-16-14(17)13-8-4-3-6-12(13)7-5-9-15/h3-4,6,8H,2,9-11,15H2,1H3,(H,16,17). The lowest BCUT2D eigenvalue weighted by atomic mass is 10.1. The number of rotatable bonds is 5. The number of carbonyl (C=O) groups excluding carboxylic acids is 1. The highest BCUT2D eigenvalue weighted by molar-refractivity contribution is 5.96. The molecular formula is C14H18N2O2. The summed E-state index contributed by atoms with van der Waals surface area (Å²) < 4.78 is 5.16. The van der Waals surface area contributed by atoms with Crippen molar-refractivity contribution in [2.75, 3.05) is 26.3 Å². The fraction of sp³-hybridized carbons (Fsp3) is 0.357. The molecule has 4 heteroatoms. The van der Waals surface area contributed by atoms with Gasteiger partial charge in [0, 0.05) is 18.7 Å². The Balaban J connectivity index is 2.67. The second-order valence-corrected chi connectivity index (χ2v) is 3.50. The van der Waals surface area contributed by atoms with E-state index in [-0.39, 0.29) is 12.5 Å². The van der Waals surface area contributed by atoms with Gasteiger partial charge in [-0.1, -0.05) is 24.0 Å². The van der Waals surface area contributed by atoms with Crippen molar-refractivity contribution in [1.82, 2.24) is 5.32 Å². The third kappa shape index (κ3) is 4.58. The molecule has 1 aromatic rings. The normalized spacial score (nSPS) is 9.44. The molecule has 0 saturated heterocycles. The summed E-state index contributed by atoms with van der Waals surface area (Å²) in [6.45, 7) is 3.85. The minimum atomic E-state index is -0.142. The third-order valence-corrected chi connectivity index (χ3v) is 2.23. The number of ether oxygens (including phenoxy) is 1. The summed E-state index contributed by atoms with van der Waals surface area (Å²) in [6.07, 6.45) is 0. The first-order valence-electron chi connectivity index (χ1n) is 5.93.